The van der Waals surface area contributed by atoms with Gasteiger partial charge in [-0.2, -0.15) is 0 Å². The van der Waals surface area contributed by atoms with E-state index >= 15 is 0 Å². The van der Waals surface area contributed by atoms with Crippen molar-refractivity contribution in [3.05, 3.63) is 33.8 Å². The molecule has 2 rings (SSSR count). The van der Waals surface area contributed by atoms with Gasteiger partial charge in [0.2, 0.25) is 0 Å². The first-order valence-electron chi connectivity index (χ1n) is 7.60. The van der Waals surface area contributed by atoms with E-state index in [9.17, 15) is 0 Å². The van der Waals surface area contributed by atoms with E-state index in [1.807, 2.05) is 0 Å². The third kappa shape index (κ3) is 3.41. The molecule has 1 fully saturated rings. The molecule has 0 saturated heterocycles. The molecule has 1 aliphatic carbocycles. The number of benzene rings is 1. The molecule has 2 heteroatoms. The monoisotopic (exact) mass is 323 g/mol. The zero-order chi connectivity index (χ0) is 13.8. The topological polar surface area (TPSA) is 12.0 Å². The molecule has 3 atom stereocenters. The second-order valence-electron chi connectivity index (χ2n) is 5.91. The molecule has 0 heterocycles. The highest BCUT2D eigenvalue weighted by atomic mass is 79.9. The standard InChI is InChI=1S/C17H26BrN/c1-4-13-7-5-6-8-14(13)17(19-3)15-10-9-12(2)11-16(15)18/h9-11,13-14,17,19H,4-8H2,1-3H3. The Hall–Kier alpha value is -0.340. The summed E-state index contributed by atoms with van der Waals surface area (Å²) in [6.45, 7) is 4.50. The smallest absolute Gasteiger partial charge is 0.0360 e. The summed E-state index contributed by atoms with van der Waals surface area (Å²) in [5.74, 6) is 1.65. The van der Waals surface area contributed by atoms with Crippen molar-refractivity contribution < 1.29 is 0 Å². The highest BCUT2D eigenvalue weighted by Crippen LogP contribution is 2.41. The molecule has 0 spiro atoms. The second-order valence-corrected chi connectivity index (χ2v) is 6.76. The molecule has 1 N–H and O–H groups in total. The first-order valence-corrected chi connectivity index (χ1v) is 8.40. The minimum Gasteiger partial charge on any atom is -0.313 e. The molecule has 1 aliphatic rings. The Morgan fingerprint density at radius 3 is 2.68 bits per heavy atom. The molecule has 1 saturated carbocycles. The van der Waals surface area contributed by atoms with Crippen LogP contribution in [0.2, 0.25) is 0 Å². The molecular formula is C17H26BrN. The lowest BCUT2D eigenvalue weighted by Gasteiger charge is -2.37. The average molecular weight is 324 g/mol. The van der Waals surface area contributed by atoms with E-state index in [0.717, 1.165) is 11.8 Å². The minimum atomic E-state index is 0.486. The molecule has 19 heavy (non-hydrogen) atoms. The maximum absolute atomic E-state index is 3.76. The quantitative estimate of drug-likeness (QED) is 0.799. The van der Waals surface area contributed by atoms with Crippen LogP contribution in [0, 0.1) is 18.8 Å². The van der Waals surface area contributed by atoms with E-state index in [1.54, 1.807) is 0 Å². The Balaban J connectivity index is 2.27. The van der Waals surface area contributed by atoms with Crippen LogP contribution in [0.1, 0.15) is 56.2 Å². The summed E-state index contributed by atoms with van der Waals surface area (Å²) in [5.41, 5.74) is 2.75. The molecule has 1 aromatic rings. The molecular weight excluding hydrogens is 298 g/mol. The summed E-state index contributed by atoms with van der Waals surface area (Å²) in [6.07, 6.45) is 6.89. The summed E-state index contributed by atoms with van der Waals surface area (Å²) >= 11 is 3.76. The Kier molecular flexibility index (Phi) is 5.47. The summed E-state index contributed by atoms with van der Waals surface area (Å²) in [5, 5.41) is 3.58. The Labute approximate surface area is 126 Å². The molecule has 0 amide bonds. The first-order chi connectivity index (χ1) is 9.17. The van der Waals surface area contributed by atoms with Gasteiger partial charge in [0.15, 0.2) is 0 Å². The van der Waals surface area contributed by atoms with Crippen LogP contribution < -0.4 is 5.32 Å². The van der Waals surface area contributed by atoms with Crippen LogP contribution in [-0.2, 0) is 0 Å². The largest absolute Gasteiger partial charge is 0.313 e. The maximum atomic E-state index is 3.76. The van der Waals surface area contributed by atoms with Crippen molar-refractivity contribution in [3.63, 3.8) is 0 Å². The third-order valence-electron chi connectivity index (χ3n) is 4.72. The lowest BCUT2D eigenvalue weighted by atomic mass is 9.72. The molecule has 0 radical (unpaired) electrons. The highest BCUT2D eigenvalue weighted by molar-refractivity contribution is 9.10. The van der Waals surface area contributed by atoms with Crippen molar-refractivity contribution in [1.29, 1.82) is 0 Å². The second kappa shape index (κ2) is 6.90. The van der Waals surface area contributed by atoms with Crippen molar-refractivity contribution in [2.24, 2.45) is 11.8 Å². The Morgan fingerprint density at radius 1 is 1.32 bits per heavy atom. The van der Waals surface area contributed by atoms with E-state index in [2.05, 4.69) is 60.3 Å². The number of nitrogens with one attached hydrogen (secondary N) is 1. The van der Waals surface area contributed by atoms with Crippen LogP contribution in [0.4, 0.5) is 0 Å². The van der Waals surface area contributed by atoms with Crippen molar-refractivity contribution in [3.8, 4) is 0 Å². The van der Waals surface area contributed by atoms with E-state index in [4.69, 9.17) is 0 Å². The summed E-state index contributed by atoms with van der Waals surface area (Å²) in [4.78, 5) is 0. The van der Waals surface area contributed by atoms with Crippen LogP contribution in [0.25, 0.3) is 0 Å². The van der Waals surface area contributed by atoms with E-state index in [0.29, 0.717) is 6.04 Å². The summed E-state index contributed by atoms with van der Waals surface area (Å²) in [6, 6.07) is 7.25. The number of hydrogen-bond donors (Lipinski definition) is 1. The van der Waals surface area contributed by atoms with Crippen LogP contribution in [0.3, 0.4) is 0 Å². The lowest BCUT2D eigenvalue weighted by Crippen LogP contribution is -2.32. The molecule has 106 valence electrons. The van der Waals surface area contributed by atoms with Crippen LogP contribution in [-0.4, -0.2) is 7.05 Å². The molecule has 1 aromatic carbocycles. The van der Waals surface area contributed by atoms with E-state index in [-0.39, 0.29) is 0 Å². The Bertz CT molecular complexity index is 416. The predicted octanol–water partition coefficient (Wildman–Crippen LogP) is 5.23. The van der Waals surface area contributed by atoms with Gasteiger partial charge in [0.25, 0.3) is 0 Å². The summed E-state index contributed by atoms with van der Waals surface area (Å²) < 4.78 is 1.26. The fraction of sp³-hybridized carbons (Fsp3) is 0.647. The maximum Gasteiger partial charge on any atom is 0.0360 e. The van der Waals surface area contributed by atoms with E-state index in [1.165, 1.54) is 47.7 Å². The number of rotatable bonds is 4. The van der Waals surface area contributed by atoms with Gasteiger partial charge >= 0.3 is 0 Å². The molecule has 0 aliphatic heterocycles. The predicted molar refractivity (Wildman–Crippen MR) is 86.4 cm³/mol. The highest BCUT2D eigenvalue weighted by Gasteiger charge is 2.31. The van der Waals surface area contributed by atoms with Crippen LogP contribution in [0.5, 0.6) is 0 Å². The van der Waals surface area contributed by atoms with Gasteiger partial charge in [-0.05, 0) is 49.4 Å². The van der Waals surface area contributed by atoms with Gasteiger partial charge in [0.1, 0.15) is 0 Å². The normalized spacial score (nSPS) is 25.3. The van der Waals surface area contributed by atoms with Crippen LogP contribution in [0.15, 0.2) is 22.7 Å². The van der Waals surface area contributed by atoms with E-state index < -0.39 is 0 Å². The zero-order valence-electron chi connectivity index (χ0n) is 12.4. The van der Waals surface area contributed by atoms with Gasteiger partial charge in [-0.15, -0.1) is 0 Å². The van der Waals surface area contributed by atoms with Gasteiger partial charge in [-0.1, -0.05) is 60.7 Å². The fourth-order valence-corrected chi connectivity index (χ4v) is 4.41. The van der Waals surface area contributed by atoms with Gasteiger partial charge in [-0.25, -0.2) is 0 Å². The van der Waals surface area contributed by atoms with Crippen LogP contribution >= 0.6 is 15.9 Å². The van der Waals surface area contributed by atoms with Crippen molar-refractivity contribution in [2.75, 3.05) is 7.05 Å². The SMILES string of the molecule is CCC1CCCCC1C(NC)c1ccc(C)cc1Br. The van der Waals surface area contributed by atoms with Crippen molar-refractivity contribution in [2.45, 2.75) is 52.0 Å². The number of hydrogen-bond acceptors (Lipinski definition) is 1. The lowest BCUT2D eigenvalue weighted by molar-refractivity contribution is 0.180. The first kappa shape index (κ1) is 15.1. The fourth-order valence-electron chi connectivity index (χ4n) is 3.67. The third-order valence-corrected chi connectivity index (χ3v) is 5.41. The number of halogens is 1. The van der Waals surface area contributed by atoms with Gasteiger partial charge in [-0.3, -0.25) is 0 Å². The molecule has 0 aromatic heterocycles. The zero-order valence-corrected chi connectivity index (χ0v) is 14.0. The Morgan fingerprint density at radius 2 is 2.05 bits per heavy atom. The summed E-state index contributed by atoms with van der Waals surface area (Å²) in [7, 11) is 2.11. The van der Waals surface area contributed by atoms with Gasteiger partial charge in [0.05, 0.1) is 0 Å². The number of aryl methyl sites for hydroxylation is 1. The van der Waals surface area contributed by atoms with Crippen molar-refractivity contribution >= 4 is 15.9 Å². The molecule has 1 nitrogen and oxygen atoms in total. The van der Waals surface area contributed by atoms with Gasteiger partial charge < -0.3 is 5.32 Å². The minimum absolute atomic E-state index is 0.486. The van der Waals surface area contributed by atoms with Gasteiger partial charge in [0, 0.05) is 10.5 Å². The average Bonchev–Trinajstić information content (AvgIpc) is 2.42. The molecule has 3 unspecified atom stereocenters. The van der Waals surface area contributed by atoms with Crippen molar-refractivity contribution in [1.82, 2.24) is 5.32 Å². The molecule has 0 bridgehead atoms.